The Morgan fingerprint density at radius 1 is 1.18 bits per heavy atom. The minimum atomic E-state index is -0.309. The number of rotatable bonds is 3. The zero-order valence-corrected chi connectivity index (χ0v) is 12.6. The smallest absolute Gasteiger partial charge is 0.124 e. The van der Waals surface area contributed by atoms with Crippen molar-refractivity contribution in [1.29, 1.82) is 0 Å². The van der Waals surface area contributed by atoms with E-state index in [-0.39, 0.29) is 5.82 Å². The highest BCUT2D eigenvalue weighted by atomic mass is 35.5. The summed E-state index contributed by atoms with van der Waals surface area (Å²) in [7, 11) is 0. The van der Waals surface area contributed by atoms with E-state index in [0.717, 1.165) is 16.8 Å². The molecule has 22 heavy (non-hydrogen) atoms. The van der Waals surface area contributed by atoms with Crippen molar-refractivity contribution in [3.63, 3.8) is 0 Å². The third-order valence-corrected chi connectivity index (χ3v) is 3.54. The molecule has 0 atom stereocenters. The van der Waals surface area contributed by atoms with Crippen molar-refractivity contribution >= 4 is 34.4 Å². The lowest BCUT2D eigenvalue weighted by molar-refractivity contribution is 0.629. The molecule has 5 heteroatoms. The standard InChI is InChI=1S/C17H13ClFN3/c1-11-8-17(14-9-13(19)6-7-16(14)21-11)22-20-10-12-4-2-3-5-15(12)18/h2-10H,1H3,(H,21,22)/b20-10+. The highest BCUT2D eigenvalue weighted by Gasteiger charge is 2.05. The molecule has 0 aliphatic rings. The largest absolute Gasteiger partial charge is 0.278 e. The second-order valence-corrected chi connectivity index (χ2v) is 5.27. The summed E-state index contributed by atoms with van der Waals surface area (Å²) in [4.78, 5) is 4.38. The van der Waals surface area contributed by atoms with Crippen molar-refractivity contribution in [2.45, 2.75) is 6.92 Å². The Bertz CT molecular complexity index is 862. The number of nitrogens with zero attached hydrogens (tertiary/aromatic N) is 2. The van der Waals surface area contributed by atoms with Gasteiger partial charge in [-0.15, -0.1) is 0 Å². The predicted octanol–water partition coefficient (Wildman–Crippen LogP) is 4.78. The lowest BCUT2D eigenvalue weighted by Crippen LogP contribution is -1.95. The number of halogens is 2. The fraction of sp³-hybridized carbons (Fsp3) is 0.0588. The molecule has 1 aromatic heterocycles. The molecule has 0 radical (unpaired) electrons. The normalized spacial score (nSPS) is 11.2. The maximum atomic E-state index is 13.4. The van der Waals surface area contributed by atoms with Crippen LogP contribution in [-0.4, -0.2) is 11.2 Å². The Morgan fingerprint density at radius 3 is 2.82 bits per heavy atom. The monoisotopic (exact) mass is 313 g/mol. The second-order valence-electron chi connectivity index (χ2n) is 4.86. The van der Waals surface area contributed by atoms with Gasteiger partial charge in [-0.3, -0.25) is 10.4 Å². The van der Waals surface area contributed by atoms with E-state index >= 15 is 0 Å². The second kappa shape index (κ2) is 6.12. The van der Waals surface area contributed by atoms with Crippen molar-refractivity contribution in [1.82, 2.24) is 4.98 Å². The van der Waals surface area contributed by atoms with Crippen molar-refractivity contribution in [3.05, 3.63) is 70.6 Å². The van der Waals surface area contributed by atoms with E-state index in [4.69, 9.17) is 11.6 Å². The zero-order chi connectivity index (χ0) is 15.5. The van der Waals surface area contributed by atoms with E-state index in [1.165, 1.54) is 12.1 Å². The summed E-state index contributed by atoms with van der Waals surface area (Å²) in [6, 6.07) is 13.7. The number of hydrogen-bond acceptors (Lipinski definition) is 3. The Labute approximate surface area is 132 Å². The third kappa shape index (κ3) is 3.07. The first-order valence-corrected chi connectivity index (χ1v) is 7.12. The number of fused-ring (bicyclic) bond motifs is 1. The number of hydrogen-bond donors (Lipinski definition) is 1. The molecule has 0 aliphatic heterocycles. The molecule has 0 spiro atoms. The van der Waals surface area contributed by atoms with E-state index in [1.807, 2.05) is 31.2 Å². The van der Waals surface area contributed by atoms with Crippen LogP contribution in [0.4, 0.5) is 10.1 Å². The van der Waals surface area contributed by atoms with Gasteiger partial charge in [0.15, 0.2) is 0 Å². The van der Waals surface area contributed by atoms with Gasteiger partial charge in [0.1, 0.15) is 5.82 Å². The predicted molar refractivity (Wildman–Crippen MR) is 89.1 cm³/mol. The highest BCUT2D eigenvalue weighted by molar-refractivity contribution is 6.33. The fourth-order valence-corrected chi connectivity index (χ4v) is 2.36. The number of aryl methyl sites for hydroxylation is 1. The molecule has 0 amide bonds. The van der Waals surface area contributed by atoms with Crippen LogP contribution in [0.15, 0.2) is 53.6 Å². The van der Waals surface area contributed by atoms with E-state index < -0.39 is 0 Å². The van der Waals surface area contributed by atoms with Crippen LogP contribution >= 0.6 is 11.6 Å². The number of pyridine rings is 1. The SMILES string of the molecule is Cc1cc(N/N=C/c2ccccc2Cl)c2cc(F)ccc2n1. The summed E-state index contributed by atoms with van der Waals surface area (Å²) in [6.07, 6.45) is 1.63. The quantitative estimate of drug-likeness (QED) is 0.558. The topological polar surface area (TPSA) is 37.3 Å². The molecule has 3 aromatic rings. The van der Waals surface area contributed by atoms with Gasteiger partial charge in [-0.2, -0.15) is 5.10 Å². The Hall–Kier alpha value is -2.46. The van der Waals surface area contributed by atoms with Crippen molar-refractivity contribution in [2.24, 2.45) is 5.10 Å². The molecule has 0 aliphatic carbocycles. The van der Waals surface area contributed by atoms with Gasteiger partial charge in [-0.1, -0.05) is 29.8 Å². The van der Waals surface area contributed by atoms with Crippen LogP contribution in [0.25, 0.3) is 10.9 Å². The zero-order valence-electron chi connectivity index (χ0n) is 11.8. The first-order valence-electron chi connectivity index (χ1n) is 6.74. The maximum Gasteiger partial charge on any atom is 0.124 e. The molecule has 1 N–H and O–H groups in total. The number of anilines is 1. The summed E-state index contributed by atoms with van der Waals surface area (Å²) >= 11 is 6.07. The van der Waals surface area contributed by atoms with Gasteiger partial charge in [0.2, 0.25) is 0 Å². The Morgan fingerprint density at radius 2 is 2.00 bits per heavy atom. The van der Waals surface area contributed by atoms with Crippen LogP contribution in [0.5, 0.6) is 0 Å². The van der Waals surface area contributed by atoms with Gasteiger partial charge >= 0.3 is 0 Å². The summed E-state index contributed by atoms with van der Waals surface area (Å²) < 4.78 is 13.4. The highest BCUT2D eigenvalue weighted by Crippen LogP contribution is 2.24. The van der Waals surface area contributed by atoms with E-state index in [1.54, 1.807) is 18.3 Å². The van der Waals surface area contributed by atoms with E-state index in [9.17, 15) is 4.39 Å². The van der Waals surface area contributed by atoms with Gasteiger partial charge in [-0.05, 0) is 37.3 Å². The van der Waals surface area contributed by atoms with Gasteiger partial charge < -0.3 is 0 Å². The molecule has 3 nitrogen and oxygen atoms in total. The summed E-state index contributed by atoms with van der Waals surface area (Å²) in [5, 5.41) is 5.49. The van der Waals surface area contributed by atoms with Crippen molar-refractivity contribution < 1.29 is 4.39 Å². The molecule has 0 unspecified atom stereocenters. The number of hydrazone groups is 1. The summed E-state index contributed by atoms with van der Waals surface area (Å²) in [5.41, 5.74) is 5.99. The van der Waals surface area contributed by atoms with Crippen LogP contribution in [0.1, 0.15) is 11.3 Å². The molecular formula is C17H13ClFN3. The van der Waals surface area contributed by atoms with Crippen molar-refractivity contribution in [3.8, 4) is 0 Å². The van der Waals surface area contributed by atoms with Gasteiger partial charge in [0, 0.05) is 21.7 Å². The van der Waals surface area contributed by atoms with Crippen LogP contribution in [0, 0.1) is 12.7 Å². The lowest BCUT2D eigenvalue weighted by atomic mass is 10.1. The van der Waals surface area contributed by atoms with Crippen LogP contribution in [-0.2, 0) is 0 Å². The minimum Gasteiger partial charge on any atom is -0.278 e. The molecule has 110 valence electrons. The molecule has 2 aromatic carbocycles. The summed E-state index contributed by atoms with van der Waals surface area (Å²) in [6.45, 7) is 1.88. The third-order valence-electron chi connectivity index (χ3n) is 3.19. The molecular weight excluding hydrogens is 301 g/mol. The fourth-order valence-electron chi connectivity index (χ4n) is 2.17. The van der Waals surface area contributed by atoms with Crippen molar-refractivity contribution in [2.75, 3.05) is 5.43 Å². The van der Waals surface area contributed by atoms with Gasteiger partial charge in [0.05, 0.1) is 17.4 Å². The van der Waals surface area contributed by atoms with Crippen LogP contribution < -0.4 is 5.43 Å². The first kappa shape index (κ1) is 14.5. The molecule has 0 fully saturated rings. The first-order chi connectivity index (χ1) is 10.6. The summed E-state index contributed by atoms with van der Waals surface area (Å²) in [5.74, 6) is -0.309. The van der Waals surface area contributed by atoms with Gasteiger partial charge in [-0.25, -0.2) is 4.39 Å². The Kier molecular flexibility index (Phi) is 4.02. The number of benzene rings is 2. The van der Waals surface area contributed by atoms with Gasteiger partial charge in [0.25, 0.3) is 0 Å². The Balaban J connectivity index is 1.94. The van der Waals surface area contributed by atoms with E-state index in [2.05, 4.69) is 15.5 Å². The molecule has 1 heterocycles. The molecule has 0 bridgehead atoms. The molecule has 0 saturated carbocycles. The lowest BCUT2D eigenvalue weighted by Gasteiger charge is -2.07. The maximum absolute atomic E-state index is 13.4. The van der Waals surface area contributed by atoms with Crippen LogP contribution in [0.3, 0.4) is 0 Å². The van der Waals surface area contributed by atoms with E-state index in [0.29, 0.717) is 16.1 Å². The average Bonchev–Trinajstić information content (AvgIpc) is 2.50. The average molecular weight is 314 g/mol. The molecule has 0 saturated heterocycles. The minimum absolute atomic E-state index is 0.309. The molecule has 3 rings (SSSR count). The van der Waals surface area contributed by atoms with Crippen LogP contribution in [0.2, 0.25) is 5.02 Å². The number of aromatic nitrogens is 1. The number of nitrogens with one attached hydrogen (secondary N) is 1.